The highest BCUT2D eigenvalue weighted by Crippen LogP contribution is 2.21. The lowest BCUT2D eigenvalue weighted by Gasteiger charge is -2.19. The average molecular weight is 526 g/mol. The van der Waals surface area contributed by atoms with E-state index < -0.39 is 10.0 Å². The quantitative estimate of drug-likeness (QED) is 0.263. The molecule has 0 spiro atoms. The number of ether oxygens (including phenoxy) is 1. The van der Waals surface area contributed by atoms with E-state index in [0.717, 1.165) is 18.7 Å². The lowest BCUT2D eigenvalue weighted by atomic mass is 9.98. The maximum absolute atomic E-state index is 12.2. The van der Waals surface area contributed by atoms with Gasteiger partial charge in [0.25, 0.3) is 0 Å². The number of aliphatic imine (C=N–C) groups is 1. The second-order valence-electron chi connectivity index (χ2n) is 6.29. The number of hydrogen-bond donors (Lipinski definition) is 2. The first-order valence-electron chi connectivity index (χ1n) is 9.44. The zero-order chi connectivity index (χ0) is 20.3. The molecule has 0 amide bonds. The summed E-state index contributed by atoms with van der Waals surface area (Å²) in [5.41, 5.74) is 1.26. The third kappa shape index (κ3) is 8.95. The van der Waals surface area contributed by atoms with Crippen molar-refractivity contribution < 1.29 is 13.2 Å². The predicted molar refractivity (Wildman–Crippen MR) is 128 cm³/mol. The third-order valence-corrected chi connectivity index (χ3v) is 6.55. The van der Waals surface area contributed by atoms with Crippen molar-refractivity contribution in [3.63, 3.8) is 0 Å². The Morgan fingerprint density at radius 3 is 2.21 bits per heavy atom. The molecule has 0 aliphatic rings. The highest BCUT2D eigenvalue weighted by atomic mass is 127. The van der Waals surface area contributed by atoms with Gasteiger partial charge in [-0.05, 0) is 30.0 Å². The Morgan fingerprint density at radius 2 is 1.71 bits per heavy atom. The van der Waals surface area contributed by atoms with Crippen molar-refractivity contribution in [2.75, 3.05) is 46.1 Å². The highest BCUT2D eigenvalue weighted by Gasteiger charge is 2.18. The van der Waals surface area contributed by atoms with Crippen molar-refractivity contribution in [2.24, 2.45) is 4.99 Å². The van der Waals surface area contributed by atoms with Crippen LogP contribution >= 0.6 is 24.0 Å². The van der Waals surface area contributed by atoms with Gasteiger partial charge in [-0.3, -0.25) is 4.99 Å². The van der Waals surface area contributed by atoms with Gasteiger partial charge < -0.3 is 15.4 Å². The van der Waals surface area contributed by atoms with Gasteiger partial charge in [0.1, 0.15) is 5.75 Å². The van der Waals surface area contributed by atoms with Crippen LogP contribution in [-0.2, 0) is 10.0 Å². The molecule has 0 aliphatic heterocycles. The monoisotopic (exact) mass is 526 g/mol. The van der Waals surface area contributed by atoms with E-state index in [2.05, 4.69) is 34.7 Å². The van der Waals surface area contributed by atoms with E-state index in [1.54, 1.807) is 14.2 Å². The molecular formula is C19H35IN4O3S. The van der Waals surface area contributed by atoms with Crippen LogP contribution in [0.25, 0.3) is 0 Å². The Kier molecular flexibility index (Phi) is 13.5. The molecule has 2 N–H and O–H groups in total. The number of sulfonamides is 1. The number of nitrogens with zero attached hydrogens (tertiary/aromatic N) is 2. The fourth-order valence-electron chi connectivity index (χ4n) is 2.77. The van der Waals surface area contributed by atoms with Gasteiger partial charge in [-0.25, -0.2) is 12.7 Å². The Balaban J connectivity index is 0.00000729. The summed E-state index contributed by atoms with van der Waals surface area (Å²) >= 11 is 0. The minimum absolute atomic E-state index is 0. The van der Waals surface area contributed by atoms with Crippen LogP contribution < -0.4 is 15.4 Å². The van der Waals surface area contributed by atoms with Gasteiger partial charge >= 0.3 is 0 Å². The van der Waals surface area contributed by atoms with E-state index in [0.29, 0.717) is 31.5 Å². The summed E-state index contributed by atoms with van der Waals surface area (Å²) in [7, 11) is 0.118. The number of halogens is 1. The number of methoxy groups -OCH3 is 1. The molecule has 1 atom stereocenters. The summed E-state index contributed by atoms with van der Waals surface area (Å²) in [5.74, 6) is 1.92. The molecule has 0 aromatic heterocycles. The van der Waals surface area contributed by atoms with Crippen molar-refractivity contribution in [2.45, 2.75) is 33.1 Å². The summed E-state index contributed by atoms with van der Waals surface area (Å²) in [4.78, 5) is 4.15. The molecule has 1 unspecified atom stereocenters. The lowest BCUT2D eigenvalue weighted by molar-refractivity contribution is 0.414. The first-order valence-corrected chi connectivity index (χ1v) is 11.0. The van der Waals surface area contributed by atoms with Crippen LogP contribution in [0.2, 0.25) is 0 Å². The molecule has 28 heavy (non-hydrogen) atoms. The van der Waals surface area contributed by atoms with Crippen LogP contribution in [0.15, 0.2) is 29.3 Å². The van der Waals surface area contributed by atoms with Crippen LogP contribution in [0.1, 0.15) is 38.7 Å². The summed E-state index contributed by atoms with van der Waals surface area (Å²) in [6, 6.07) is 8.09. The molecule has 1 rings (SSSR count). The summed E-state index contributed by atoms with van der Waals surface area (Å²) in [6.07, 6.45) is 0.935. The van der Waals surface area contributed by atoms with Crippen LogP contribution in [0.5, 0.6) is 5.75 Å². The van der Waals surface area contributed by atoms with Crippen molar-refractivity contribution in [3.8, 4) is 5.75 Å². The molecule has 162 valence electrons. The number of rotatable bonds is 11. The lowest BCUT2D eigenvalue weighted by Crippen LogP contribution is -2.42. The number of nitrogens with one attached hydrogen (secondary N) is 2. The Morgan fingerprint density at radius 1 is 1.14 bits per heavy atom. The smallest absolute Gasteiger partial charge is 0.215 e. The zero-order valence-corrected chi connectivity index (χ0v) is 20.7. The van der Waals surface area contributed by atoms with Crippen molar-refractivity contribution in [1.29, 1.82) is 0 Å². The molecule has 0 saturated heterocycles. The van der Waals surface area contributed by atoms with Crippen molar-refractivity contribution in [1.82, 2.24) is 14.9 Å². The predicted octanol–water partition coefficient (Wildman–Crippen LogP) is 2.64. The van der Waals surface area contributed by atoms with Gasteiger partial charge in [0.2, 0.25) is 10.0 Å². The molecule has 0 saturated carbocycles. The van der Waals surface area contributed by atoms with Gasteiger partial charge in [0, 0.05) is 33.2 Å². The zero-order valence-electron chi connectivity index (χ0n) is 17.6. The first kappa shape index (κ1) is 26.9. The van der Waals surface area contributed by atoms with E-state index in [9.17, 15) is 8.42 Å². The molecular weight excluding hydrogens is 491 g/mol. The topological polar surface area (TPSA) is 83.0 Å². The Bertz CT molecular complexity index is 677. The normalized spacial score (nSPS) is 13.0. The Hall–Kier alpha value is -1.07. The molecule has 7 nitrogen and oxygen atoms in total. The van der Waals surface area contributed by atoms with Crippen LogP contribution in [-0.4, -0.2) is 64.8 Å². The molecule has 0 radical (unpaired) electrons. The van der Waals surface area contributed by atoms with E-state index in [1.807, 2.05) is 26.0 Å². The van der Waals surface area contributed by atoms with E-state index >= 15 is 0 Å². The Labute approximate surface area is 187 Å². The molecule has 0 fully saturated rings. The standard InChI is InChI=1S/C19H34N4O3S.HI/c1-6-23(7-2)27(24,25)15-14-22-19(20-4)21-13-12-16(3)17-8-10-18(26-5)11-9-17;/h8-11,16H,6-7,12-15H2,1-5H3,(H2,20,21,22);1H. The first-order chi connectivity index (χ1) is 12.9. The molecule has 1 aromatic carbocycles. The fraction of sp³-hybridized carbons (Fsp3) is 0.632. The van der Waals surface area contributed by atoms with Crippen LogP contribution in [0, 0.1) is 0 Å². The summed E-state index contributed by atoms with van der Waals surface area (Å²) < 4.78 is 31.0. The molecule has 9 heteroatoms. The largest absolute Gasteiger partial charge is 0.497 e. The molecule has 0 heterocycles. The number of guanidine groups is 1. The second kappa shape index (κ2) is 14.0. The van der Waals surface area contributed by atoms with E-state index in [-0.39, 0.29) is 29.7 Å². The van der Waals surface area contributed by atoms with E-state index in [1.165, 1.54) is 9.87 Å². The van der Waals surface area contributed by atoms with Crippen LogP contribution in [0.3, 0.4) is 0 Å². The minimum Gasteiger partial charge on any atom is -0.497 e. The summed E-state index contributed by atoms with van der Waals surface area (Å²) in [6.45, 7) is 7.93. The van der Waals surface area contributed by atoms with E-state index in [4.69, 9.17) is 4.74 Å². The van der Waals surface area contributed by atoms with Gasteiger partial charge in [0.05, 0.1) is 12.9 Å². The summed E-state index contributed by atoms with van der Waals surface area (Å²) in [5, 5.41) is 6.32. The SMILES string of the molecule is CCN(CC)S(=O)(=O)CCNC(=NC)NCCC(C)c1ccc(OC)cc1.I. The second-order valence-corrected chi connectivity index (χ2v) is 8.38. The molecule has 0 aliphatic carbocycles. The fourth-order valence-corrected chi connectivity index (χ4v) is 4.18. The highest BCUT2D eigenvalue weighted by molar-refractivity contribution is 14.0. The van der Waals surface area contributed by atoms with Gasteiger partial charge in [0.15, 0.2) is 5.96 Å². The van der Waals surface area contributed by atoms with Gasteiger partial charge in [-0.2, -0.15) is 0 Å². The molecule has 1 aromatic rings. The van der Waals surface area contributed by atoms with Gasteiger partial charge in [-0.1, -0.05) is 32.9 Å². The van der Waals surface area contributed by atoms with Gasteiger partial charge in [-0.15, -0.1) is 24.0 Å². The van der Waals surface area contributed by atoms with Crippen LogP contribution in [0.4, 0.5) is 0 Å². The number of benzene rings is 1. The average Bonchev–Trinajstić information content (AvgIpc) is 2.67. The van der Waals surface area contributed by atoms with Crippen molar-refractivity contribution in [3.05, 3.63) is 29.8 Å². The van der Waals surface area contributed by atoms with Crippen molar-refractivity contribution >= 4 is 40.0 Å². The number of hydrogen-bond acceptors (Lipinski definition) is 4. The maximum Gasteiger partial charge on any atom is 0.215 e. The minimum atomic E-state index is -3.22. The maximum atomic E-state index is 12.2. The molecule has 0 bridgehead atoms. The third-order valence-electron chi connectivity index (χ3n) is 4.53.